The molecule has 0 aliphatic rings. The largest absolute Gasteiger partial charge is 0.507 e. The van der Waals surface area contributed by atoms with Gasteiger partial charge in [-0.25, -0.2) is 0 Å². The van der Waals surface area contributed by atoms with Crippen LogP contribution < -0.4 is 0 Å². The normalized spacial score (nSPS) is 10.9. The highest BCUT2D eigenvalue weighted by atomic mass is 16.3. The summed E-state index contributed by atoms with van der Waals surface area (Å²) in [7, 11) is 0. The summed E-state index contributed by atoms with van der Waals surface area (Å²) in [5, 5.41) is 21.6. The number of phenols is 2. The van der Waals surface area contributed by atoms with Gasteiger partial charge in [-0.1, -0.05) is 81.3 Å². The van der Waals surface area contributed by atoms with Crippen molar-refractivity contribution < 1.29 is 10.2 Å². The van der Waals surface area contributed by atoms with E-state index in [0.717, 1.165) is 71.9 Å². The van der Waals surface area contributed by atoms with Gasteiger partial charge in [-0.15, -0.1) is 0 Å². The molecule has 0 spiro atoms. The van der Waals surface area contributed by atoms with Crippen molar-refractivity contribution in [1.82, 2.24) is 0 Å². The zero-order valence-corrected chi connectivity index (χ0v) is 16.9. The molecule has 0 unspecified atom stereocenters. The van der Waals surface area contributed by atoms with Gasteiger partial charge < -0.3 is 10.2 Å². The van der Waals surface area contributed by atoms with Crippen LogP contribution in [0, 0.1) is 0 Å². The molecule has 2 nitrogen and oxygen atoms in total. The molecule has 2 N–H and O–H groups in total. The minimum absolute atomic E-state index is 0.369. The fourth-order valence-electron chi connectivity index (χ4n) is 3.64. The highest BCUT2D eigenvalue weighted by Gasteiger charge is 2.12. The highest BCUT2D eigenvalue weighted by molar-refractivity contribution is 5.79. The van der Waals surface area contributed by atoms with Gasteiger partial charge in [-0.05, 0) is 54.0 Å². The van der Waals surface area contributed by atoms with Gasteiger partial charge in [0, 0.05) is 11.1 Å². The summed E-state index contributed by atoms with van der Waals surface area (Å²) >= 11 is 0. The third-order valence-electron chi connectivity index (χ3n) is 5.32. The standard InChI is InChI=1S/C26H30O2/c1-3-5-10-19-12-8-16-23(25(19)27)21-14-7-15-22(18-21)24-17-9-13-20(26(24)28)11-6-4-2/h7-9,12-18,27-28H,3-6,10-11H2,1-2H3. The molecule has 0 saturated heterocycles. The lowest BCUT2D eigenvalue weighted by Gasteiger charge is -2.13. The predicted octanol–water partition coefficient (Wildman–Crippen LogP) is 7.12. The number of benzene rings is 3. The van der Waals surface area contributed by atoms with Crippen LogP contribution in [0.15, 0.2) is 60.7 Å². The molecule has 0 radical (unpaired) electrons. The number of unbranched alkanes of at least 4 members (excludes halogenated alkanes) is 2. The predicted molar refractivity (Wildman–Crippen MR) is 118 cm³/mol. The molecule has 0 atom stereocenters. The minimum Gasteiger partial charge on any atom is -0.507 e. The van der Waals surface area contributed by atoms with Gasteiger partial charge in [0.2, 0.25) is 0 Å². The summed E-state index contributed by atoms with van der Waals surface area (Å²) in [6, 6.07) is 20.0. The van der Waals surface area contributed by atoms with Crippen molar-refractivity contribution in [3.05, 3.63) is 71.8 Å². The Hall–Kier alpha value is -2.74. The van der Waals surface area contributed by atoms with Crippen LogP contribution in [0.4, 0.5) is 0 Å². The third-order valence-corrected chi connectivity index (χ3v) is 5.32. The minimum atomic E-state index is 0.369. The first-order valence-electron chi connectivity index (χ1n) is 10.4. The smallest absolute Gasteiger partial charge is 0.126 e. The van der Waals surface area contributed by atoms with E-state index in [1.54, 1.807) is 0 Å². The van der Waals surface area contributed by atoms with Gasteiger partial charge in [0.25, 0.3) is 0 Å². The van der Waals surface area contributed by atoms with Gasteiger partial charge in [0.1, 0.15) is 11.5 Å². The van der Waals surface area contributed by atoms with Crippen molar-refractivity contribution in [3.8, 4) is 33.8 Å². The Labute approximate surface area is 168 Å². The molecule has 28 heavy (non-hydrogen) atoms. The van der Waals surface area contributed by atoms with Crippen LogP contribution in [-0.4, -0.2) is 10.2 Å². The number of aromatic hydroxyl groups is 2. The molecule has 0 aromatic heterocycles. The van der Waals surface area contributed by atoms with E-state index in [-0.39, 0.29) is 0 Å². The van der Waals surface area contributed by atoms with Crippen molar-refractivity contribution in [2.75, 3.05) is 0 Å². The van der Waals surface area contributed by atoms with Crippen LogP contribution in [0.1, 0.15) is 50.7 Å². The van der Waals surface area contributed by atoms with E-state index in [2.05, 4.69) is 19.9 Å². The summed E-state index contributed by atoms with van der Waals surface area (Å²) in [6.07, 6.45) is 6.11. The van der Waals surface area contributed by atoms with Crippen LogP contribution in [-0.2, 0) is 12.8 Å². The lowest BCUT2D eigenvalue weighted by Crippen LogP contribution is -1.90. The number of phenolic OH excluding ortho intramolecular Hbond substituents is 2. The van der Waals surface area contributed by atoms with Gasteiger partial charge >= 0.3 is 0 Å². The first-order chi connectivity index (χ1) is 13.7. The van der Waals surface area contributed by atoms with Crippen LogP contribution in [0.3, 0.4) is 0 Å². The summed E-state index contributed by atoms with van der Waals surface area (Å²) < 4.78 is 0. The van der Waals surface area contributed by atoms with Crippen LogP contribution in [0.2, 0.25) is 0 Å². The molecule has 2 heteroatoms. The molecule has 0 saturated carbocycles. The molecular formula is C26H30O2. The van der Waals surface area contributed by atoms with Crippen LogP contribution in [0.5, 0.6) is 11.5 Å². The van der Waals surface area contributed by atoms with Crippen molar-refractivity contribution in [3.63, 3.8) is 0 Å². The topological polar surface area (TPSA) is 40.5 Å². The molecule has 0 bridgehead atoms. The Morgan fingerprint density at radius 3 is 1.46 bits per heavy atom. The monoisotopic (exact) mass is 374 g/mol. The van der Waals surface area contributed by atoms with Gasteiger partial charge in [0.05, 0.1) is 0 Å². The fraction of sp³-hybridized carbons (Fsp3) is 0.308. The molecule has 0 heterocycles. The summed E-state index contributed by atoms with van der Waals surface area (Å²) in [5.74, 6) is 0.739. The Balaban J connectivity index is 1.98. The van der Waals surface area contributed by atoms with Crippen molar-refractivity contribution in [1.29, 1.82) is 0 Å². The first kappa shape index (κ1) is 20.0. The molecular weight excluding hydrogens is 344 g/mol. The number of rotatable bonds is 8. The zero-order chi connectivity index (χ0) is 19.9. The molecule has 0 fully saturated rings. The second-order valence-electron chi connectivity index (χ2n) is 7.41. The van der Waals surface area contributed by atoms with Crippen LogP contribution in [0.25, 0.3) is 22.3 Å². The molecule has 0 amide bonds. The summed E-state index contributed by atoms with van der Waals surface area (Å²) in [6.45, 7) is 4.32. The second-order valence-corrected chi connectivity index (χ2v) is 7.41. The zero-order valence-electron chi connectivity index (χ0n) is 16.9. The van der Waals surface area contributed by atoms with E-state index < -0.39 is 0 Å². The van der Waals surface area contributed by atoms with E-state index in [1.165, 1.54) is 0 Å². The number of hydrogen-bond donors (Lipinski definition) is 2. The Morgan fingerprint density at radius 1 is 0.607 bits per heavy atom. The van der Waals surface area contributed by atoms with Gasteiger partial charge in [-0.2, -0.15) is 0 Å². The first-order valence-corrected chi connectivity index (χ1v) is 10.4. The quantitative estimate of drug-likeness (QED) is 0.441. The molecule has 3 aromatic carbocycles. The average molecular weight is 375 g/mol. The third kappa shape index (κ3) is 4.39. The van der Waals surface area contributed by atoms with Crippen molar-refractivity contribution >= 4 is 0 Å². The molecule has 0 aliphatic heterocycles. The summed E-state index contributed by atoms with van der Waals surface area (Å²) in [5.41, 5.74) is 5.61. The molecule has 146 valence electrons. The maximum atomic E-state index is 10.8. The van der Waals surface area contributed by atoms with E-state index in [9.17, 15) is 10.2 Å². The lowest BCUT2D eigenvalue weighted by molar-refractivity contribution is 0.469. The van der Waals surface area contributed by atoms with Gasteiger partial charge in [-0.3, -0.25) is 0 Å². The number of aryl methyl sites for hydroxylation is 2. The highest BCUT2D eigenvalue weighted by Crippen LogP contribution is 2.38. The van der Waals surface area contributed by atoms with E-state index in [4.69, 9.17) is 0 Å². The Bertz CT molecular complexity index is 855. The second kappa shape index (κ2) is 9.45. The SMILES string of the molecule is CCCCc1cccc(-c2cccc(-c3cccc(CCCC)c3O)c2)c1O. The van der Waals surface area contributed by atoms with Crippen molar-refractivity contribution in [2.24, 2.45) is 0 Å². The van der Waals surface area contributed by atoms with E-state index in [1.807, 2.05) is 54.6 Å². The van der Waals surface area contributed by atoms with Gasteiger partial charge in [0.15, 0.2) is 0 Å². The van der Waals surface area contributed by atoms with E-state index in [0.29, 0.717) is 11.5 Å². The maximum absolute atomic E-state index is 10.8. The number of para-hydroxylation sites is 2. The average Bonchev–Trinajstić information content (AvgIpc) is 2.72. The van der Waals surface area contributed by atoms with Crippen LogP contribution >= 0.6 is 0 Å². The number of hydrogen-bond acceptors (Lipinski definition) is 2. The Kier molecular flexibility index (Phi) is 6.76. The summed E-state index contributed by atoms with van der Waals surface area (Å²) in [4.78, 5) is 0. The van der Waals surface area contributed by atoms with E-state index >= 15 is 0 Å². The lowest BCUT2D eigenvalue weighted by atomic mass is 9.94. The molecule has 3 rings (SSSR count). The molecule has 0 aliphatic carbocycles. The molecule has 3 aromatic rings. The van der Waals surface area contributed by atoms with Crippen molar-refractivity contribution in [2.45, 2.75) is 52.4 Å². The Morgan fingerprint density at radius 2 is 1.04 bits per heavy atom. The fourth-order valence-corrected chi connectivity index (χ4v) is 3.64. The maximum Gasteiger partial charge on any atom is 0.126 e.